The quantitative estimate of drug-likeness (QED) is 0.723. The van der Waals surface area contributed by atoms with E-state index < -0.39 is 0 Å². The molecular weight excluding hydrogens is 240 g/mol. The van der Waals surface area contributed by atoms with Gasteiger partial charge in [-0.3, -0.25) is 4.90 Å². The van der Waals surface area contributed by atoms with Crippen LogP contribution in [0.2, 0.25) is 0 Å². The third-order valence-corrected chi connectivity index (χ3v) is 3.59. The Hall–Kier alpha value is 0.130. The van der Waals surface area contributed by atoms with Crippen LogP contribution in [0.15, 0.2) is 0 Å². The van der Waals surface area contributed by atoms with Crippen molar-refractivity contribution < 1.29 is 9.47 Å². The highest BCUT2D eigenvalue weighted by atomic mass is 35.5. The van der Waals surface area contributed by atoms with Gasteiger partial charge >= 0.3 is 0 Å². The van der Waals surface area contributed by atoms with Gasteiger partial charge in [0.1, 0.15) is 0 Å². The standard InChI is InChI=1S/C12H24N2O2.ClH/c1-15-8-9-16-7-6-14-5-4-11-2-3-12(10-14)13-11;/h11-13H,2-10H2,1H3;1H. The lowest BCUT2D eigenvalue weighted by Crippen LogP contribution is -2.37. The van der Waals surface area contributed by atoms with E-state index in [1.54, 1.807) is 7.11 Å². The average molecular weight is 265 g/mol. The Balaban J connectivity index is 0.00000144. The molecule has 2 aliphatic heterocycles. The van der Waals surface area contributed by atoms with Gasteiger partial charge < -0.3 is 14.8 Å². The Kier molecular flexibility index (Phi) is 7.39. The van der Waals surface area contributed by atoms with Gasteiger partial charge in [0.15, 0.2) is 0 Å². The predicted octanol–water partition coefficient (Wildman–Crippen LogP) is 0.897. The number of rotatable bonds is 6. The van der Waals surface area contributed by atoms with Gasteiger partial charge in [-0.2, -0.15) is 0 Å². The summed E-state index contributed by atoms with van der Waals surface area (Å²) < 4.78 is 10.5. The fourth-order valence-electron chi connectivity index (χ4n) is 2.66. The van der Waals surface area contributed by atoms with Gasteiger partial charge in [-0.15, -0.1) is 12.4 Å². The second-order valence-corrected chi connectivity index (χ2v) is 4.83. The van der Waals surface area contributed by atoms with E-state index in [0.29, 0.717) is 13.2 Å². The van der Waals surface area contributed by atoms with Crippen molar-refractivity contribution in [3.05, 3.63) is 0 Å². The van der Waals surface area contributed by atoms with E-state index in [1.165, 1.54) is 32.4 Å². The second kappa shape index (κ2) is 8.27. The fraction of sp³-hybridized carbons (Fsp3) is 1.00. The minimum Gasteiger partial charge on any atom is -0.382 e. The molecule has 0 spiro atoms. The molecule has 2 rings (SSSR count). The molecule has 0 radical (unpaired) electrons. The molecule has 0 aliphatic carbocycles. The lowest BCUT2D eigenvalue weighted by molar-refractivity contribution is 0.0565. The maximum absolute atomic E-state index is 5.51. The molecule has 0 aromatic heterocycles. The first-order valence-corrected chi connectivity index (χ1v) is 6.43. The highest BCUT2D eigenvalue weighted by Gasteiger charge is 2.28. The molecule has 17 heavy (non-hydrogen) atoms. The summed E-state index contributed by atoms with van der Waals surface area (Å²) in [6, 6.07) is 1.51. The summed E-state index contributed by atoms with van der Waals surface area (Å²) in [5.74, 6) is 0. The van der Waals surface area contributed by atoms with E-state index in [1.807, 2.05) is 0 Å². The Morgan fingerprint density at radius 1 is 1.12 bits per heavy atom. The molecule has 0 aromatic carbocycles. The van der Waals surface area contributed by atoms with Gasteiger partial charge in [0.25, 0.3) is 0 Å². The molecule has 0 saturated carbocycles. The van der Waals surface area contributed by atoms with Crippen molar-refractivity contribution in [2.45, 2.75) is 31.3 Å². The van der Waals surface area contributed by atoms with Crippen molar-refractivity contribution in [1.82, 2.24) is 10.2 Å². The van der Waals surface area contributed by atoms with E-state index >= 15 is 0 Å². The van der Waals surface area contributed by atoms with Crippen LogP contribution in [0.4, 0.5) is 0 Å². The maximum Gasteiger partial charge on any atom is 0.0700 e. The number of hydrogen-bond donors (Lipinski definition) is 1. The minimum atomic E-state index is 0. The molecule has 5 heteroatoms. The SMILES string of the molecule is COCCOCCN1CCC2CCC(C1)N2.Cl. The van der Waals surface area contributed by atoms with Crippen LogP contribution < -0.4 is 5.32 Å². The van der Waals surface area contributed by atoms with Crippen LogP contribution in [0.1, 0.15) is 19.3 Å². The third-order valence-electron chi connectivity index (χ3n) is 3.59. The topological polar surface area (TPSA) is 33.7 Å². The van der Waals surface area contributed by atoms with Crippen molar-refractivity contribution in [2.75, 3.05) is 46.6 Å². The van der Waals surface area contributed by atoms with E-state index in [-0.39, 0.29) is 12.4 Å². The van der Waals surface area contributed by atoms with Crippen molar-refractivity contribution >= 4 is 12.4 Å². The summed E-state index contributed by atoms with van der Waals surface area (Å²) in [5, 5.41) is 3.69. The molecule has 2 bridgehead atoms. The third kappa shape index (κ3) is 5.10. The van der Waals surface area contributed by atoms with E-state index in [2.05, 4.69) is 10.2 Å². The van der Waals surface area contributed by atoms with Crippen LogP contribution in [-0.2, 0) is 9.47 Å². The molecule has 2 saturated heterocycles. The van der Waals surface area contributed by atoms with E-state index in [4.69, 9.17) is 9.47 Å². The molecule has 1 N–H and O–H groups in total. The summed E-state index contributed by atoms with van der Waals surface area (Å²) in [6.45, 7) is 5.74. The summed E-state index contributed by atoms with van der Waals surface area (Å²) in [4.78, 5) is 2.53. The van der Waals surface area contributed by atoms with Crippen molar-refractivity contribution in [2.24, 2.45) is 0 Å². The number of nitrogens with one attached hydrogen (secondary N) is 1. The molecule has 0 aromatic rings. The lowest BCUT2D eigenvalue weighted by atomic mass is 10.1. The Morgan fingerprint density at radius 3 is 2.76 bits per heavy atom. The number of nitrogens with zero attached hydrogens (tertiary/aromatic N) is 1. The van der Waals surface area contributed by atoms with Crippen molar-refractivity contribution in [3.63, 3.8) is 0 Å². The summed E-state index contributed by atoms with van der Waals surface area (Å²) in [5.41, 5.74) is 0. The smallest absolute Gasteiger partial charge is 0.0700 e. The minimum absolute atomic E-state index is 0. The fourth-order valence-corrected chi connectivity index (χ4v) is 2.66. The van der Waals surface area contributed by atoms with Gasteiger partial charge in [-0.05, 0) is 25.8 Å². The lowest BCUT2D eigenvalue weighted by Gasteiger charge is -2.23. The monoisotopic (exact) mass is 264 g/mol. The van der Waals surface area contributed by atoms with Crippen LogP contribution in [0.3, 0.4) is 0 Å². The van der Waals surface area contributed by atoms with Crippen molar-refractivity contribution in [3.8, 4) is 0 Å². The van der Waals surface area contributed by atoms with Gasteiger partial charge in [-0.1, -0.05) is 0 Å². The normalized spacial score (nSPS) is 28.8. The summed E-state index contributed by atoms with van der Waals surface area (Å²) >= 11 is 0. The zero-order valence-electron chi connectivity index (χ0n) is 10.7. The Labute approximate surface area is 110 Å². The predicted molar refractivity (Wildman–Crippen MR) is 70.9 cm³/mol. The van der Waals surface area contributed by atoms with Crippen LogP contribution in [0.25, 0.3) is 0 Å². The number of likely N-dealkylation sites (tertiary alicyclic amines) is 1. The summed E-state index contributed by atoms with van der Waals surface area (Å²) in [7, 11) is 1.71. The molecular formula is C12H25ClN2O2. The second-order valence-electron chi connectivity index (χ2n) is 4.83. The molecule has 2 atom stereocenters. The first-order valence-electron chi connectivity index (χ1n) is 6.43. The van der Waals surface area contributed by atoms with Gasteiger partial charge in [0.05, 0.1) is 19.8 Å². The zero-order chi connectivity index (χ0) is 11.2. The van der Waals surface area contributed by atoms with Crippen LogP contribution in [-0.4, -0.2) is 63.5 Å². The molecule has 2 unspecified atom stereocenters. The van der Waals surface area contributed by atoms with E-state index in [9.17, 15) is 0 Å². The number of methoxy groups -OCH3 is 1. The average Bonchev–Trinajstić information content (AvgIpc) is 2.61. The molecule has 102 valence electrons. The molecule has 2 aliphatic rings. The summed E-state index contributed by atoms with van der Waals surface area (Å²) in [6.07, 6.45) is 4.03. The van der Waals surface area contributed by atoms with Crippen LogP contribution in [0.5, 0.6) is 0 Å². The number of ether oxygens (including phenoxy) is 2. The van der Waals surface area contributed by atoms with Gasteiger partial charge in [0.2, 0.25) is 0 Å². The highest BCUT2D eigenvalue weighted by molar-refractivity contribution is 5.85. The molecule has 4 nitrogen and oxygen atoms in total. The highest BCUT2D eigenvalue weighted by Crippen LogP contribution is 2.19. The van der Waals surface area contributed by atoms with Crippen molar-refractivity contribution in [1.29, 1.82) is 0 Å². The van der Waals surface area contributed by atoms with Crippen LogP contribution in [0, 0.1) is 0 Å². The number of fused-ring (bicyclic) bond motifs is 2. The van der Waals surface area contributed by atoms with E-state index in [0.717, 1.165) is 25.2 Å². The van der Waals surface area contributed by atoms with Gasteiger partial charge in [0, 0.05) is 32.3 Å². The molecule has 0 amide bonds. The first kappa shape index (κ1) is 15.2. The van der Waals surface area contributed by atoms with Crippen LogP contribution >= 0.6 is 12.4 Å². The largest absolute Gasteiger partial charge is 0.382 e. The maximum atomic E-state index is 5.51. The number of halogens is 1. The van der Waals surface area contributed by atoms with Gasteiger partial charge in [-0.25, -0.2) is 0 Å². The Bertz CT molecular complexity index is 207. The number of hydrogen-bond acceptors (Lipinski definition) is 4. The zero-order valence-corrected chi connectivity index (χ0v) is 11.5. The molecule has 2 heterocycles. The molecule has 2 fully saturated rings. The first-order chi connectivity index (χ1) is 7.88. The Morgan fingerprint density at radius 2 is 1.94 bits per heavy atom.